The van der Waals surface area contributed by atoms with E-state index in [4.69, 9.17) is 23.1 Å². The number of hydrogen-bond acceptors (Lipinski definition) is 7. The van der Waals surface area contributed by atoms with E-state index in [0.717, 1.165) is 21.5 Å². The SMILES string of the molecule is Nc1nc(N)c2nc(CNCc3ccc4cc(Cl)ccc4c3)cnc2n1. The third kappa shape index (κ3) is 3.35. The van der Waals surface area contributed by atoms with Gasteiger partial charge in [-0.2, -0.15) is 9.97 Å². The lowest BCUT2D eigenvalue weighted by Crippen LogP contribution is -2.14. The van der Waals surface area contributed by atoms with Gasteiger partial charge in [-0.25, -0.2) is 9.97 Å². The number of aromatic nitrogens is 4. The first kappa shape index (κ1) is 16.4. The Morgan fingerprint density at radius 1 is 0.923 bits per heavy atom. The Morgan fingerprint density at radius 2 is 1.73 bits per heavy atom. The number of nitrogens with one attached hydrogen (secondary N) is 1. The van der Waals surface area contributed by atoms with Crippen LogP contribution in [0.4, 0.5) is 11.8 Å². The number of nitrogen functional groups attached to an aromatic ring is 2. The van der Waals surface area contributed by atoms with E-state index in [-0.39, 0.29) is 11.8 Å². The molecular formula is C18H16ClN7. The number of halogens is 1. The molecule has 8 heteroatoms. The maximum absolute atomic E-state index is 6.02. The average Bonchev–Trinajstić information content (AvgIpc) is 2.62. The first-order valence-electron chi connectivity index (χ1n) is 8.02. The van der Waals surface area contributed by atoms with Crippen LogP contribution in [0.2, 0.25) is 5.02 Å². The van der Waals surface area contributed by atoms with E-state index in [1.54, 1.807) is 6.20 Å². The van der Waals surface area contributed by atoms with Crippen LogP contribution in [-0.4, -0.2) is 19.9 Å². The lowest BCUT2D eigenvalue weighted by Gasteiger charge is -2.07. The molecule has 0 aliphatic rings. The van der Waals surface area contributed by atoms with E-state index in [9.17, 15) is 0 Å². The predicted molar refractivity (Wildman–Crippen MR) is 103 cm³/mol. The predicted octanol–water partition coefficient (Wildman–Crippen LogP) is 2.68. The van der Waals surface area contributed by atoms with Crippen LogP contribution in [0.1, 0.15) is 11.3 Å². The van der Waals surface area contributed by atoms with Crippen molar-refractivity contribution in [3.05, 3.63) is 58.9 Å². The molecule has 5 N–H and O–H groups in total. The molecule has 0 unspecified atom stereocenters. The molecule has 0 spiro atoms. The van der Waals surface area contributed by atoms with Crippen LogP contribution in [0.5, 0.6) is 0 Å². The molecule has 2 heterocycles. The maximum atomic E-state index is 6.02. The molecule has 2 aromatic carbocycles. The number of anilines is 2. The Hall–Kier alpha value is -3.03. The Bertz CT molecular complexity index is 1110. The summed E-state index contributed by atoms with van der Waals surface area (Å²) < 4.78 is 0. The molecule has 7 nitrogen and oxygen atoms in total. The molecule has 0 fully saturated rings. The molecule has 2 aromatic heterocycles. The zero-order chi connectivity index (χ0) is 18.1. The van der Waals surface area contributed by atoms with Crippen LogP contribution in [0.15, 0.2) is 42.6 Å². The zero-order valence-corrected chi connectivity index (χ0v) is 14.5. The van der Waals surface area contributed by atoms with Crippen molar-refractivity contribution in [2.24, 2.45) is 0 Å². The van der Waals surface area contributed by atoms with Crippen LogP contribution < -0.4 is 16.8 Å². The summed E-state index contributed by atoms with van der Waals surface area (Å²) in [6, 6.07) is 12.1. The number of nitrogens with zero attached hydrogens (tertiary/aromatic N) is 4. The third-order valence-corrected chi connectivity index (χ3v) is 4.24. The van der Waals surface area contributed by atoms with E-state index in [0.29, 0.717) is 24.3 Å². The summed E-state index contributed by atoms with van der Waals surface area (Å²) in [6.07, 6.45) is 1.66. The number of hydrogen-bond donors (Lipinski definition) is 3. The molecular weight excluding hydrogens is 350 g/mol. The molecule has 130 valence electrons. The second-order valence-electron chi connectivity index (χ2n) is 5.93. The summed E-state index contributed by atoms with van der Waals surface area (Å²) in [5.41, 5.74) is 14.2. The van der Waals surface area contributed by atoms with Crippen molar-refractivity contribution in [3.8, 4) is 0 Å². The van der Waals surface area contributed by atoms with E-state index in [1.807, 2.05) is 18.2 Å². The minimum atomic E-state index is 0.0905. The summed E-state index contributed by atoms with van der Waals surface area (Å²) >= 11 is 6.02. The van der Waals surface area contributed by atoms with Gasteiger partial charge in [-0.05, 0) is 34.5 Å². The number of nitrogens with two attached hydrogens (primary N) is 2. The van der Waals surface area contributed by atoms with Crippen LogP contribution in [-0.2, 0) is 13.1 Å². The van der Waals surface area contributed by atoms with Crippen molar-refractivity contribution >= 4 is 45.3 Å². The molecule has 0 atom stereocenters. The highest BCUT2D eigenvalue weighted by Crippen LogP contribution is 2.20. The van der Waals surface area contributed by atoms with E-state index in [2.05, 4.69) is 43.5 Å². The molecule has 4 aromatic rings. The van der Waals surface area contributed by atoms with Crippen LogP contribution in [0.3, 0.4) is 0 Å². The van der Waals surface area contributed by atoms with Gasteiger partial charge >= 0.3 is 0 Å². The van der Waals surface area contributed by atoms with Gasteiger partial charge in [-0.1, -0.05) is 29.8 Å². The maximum Gasteiger partial charge on any atom is 0.224 e. The lowest BCUT2D eigenvalue weighted by molar-refractivity contribution is 0.680. The van der Waals surface area contributed by atoms with Gasteiger partial charge in [0.15, 0.2) is 17.0 Å². The van der Waals surface area contributed by atoms with Gasteiger partial charge in [0.05, 0.1) is 11.9 Å². The normalized spacial score (nSPS) is 11.3. The Labute approximate surface area is 154 Å². The van der Waals surface area contributed by atoms with Crippen LogP contribution in [0, 0.1) is 0 Å². The van der Waals surface area contributed by atoms with Crippen molar-refractivity contribution in [2.75, 3.05) is 11.5 Å². The molecule has 0 bridgehead atoms. The van der Waals surface area contributed by atoms with Crippen LogP contribution >= 0.6 is 11.6 Å². The standard InChI is InChI=1S/C18H16ClN7/c19-13-4-3-11-5-10(1-2-12(11)6-13)7-22-8-14-9-23-17-15(24-14)16(20)25-18(21)26-17/h1-6,9,22H,7-8H2,(H4,20,21,23,25,26). The Morgan fingerprint density at radius 3 is 2.62 bits per heavy atom. The monoisotopic (exact) mass is 365 g/mol. The molecule has 0 radical (unpaired) electrons. The van der Waals surface area contributed by atoms with E-state index in [1.165, 1.54) is 5.56 Å². The largest absolute Gasteiger partial charge is 0.382 e. The van der Waals surface area contributed by atoms with Crippen molar-refractivity contribution < 1.29 is 0 Å². The minimum absolute atomic E-state index is 0.0905. The van der Waals surface area contributed by atoms with Crippen molar-refractivity contribution in [2.45, 2.75) is 13.1 Å². The fraction of sp³-hybridized carbons (Fsp3) is 0.111. The Balaban J connectivity index is 1.47. The molecule has 0 saturated heterocycles. The number of benzene rings is 2. The highest BCUT2D eigenvalue weighted by Gasteiger charge is 2.07. The van der Waals surface area contributed by atoms with Crippen LogP contribution in [0.25, 0.3) is 21.9 Å². The second kappa shape index (κ2) is 6.70. The first-order valence-corrected chi connectivity index (χ1v) is 8.40. The topological polar surface area (TPSA) is 116 Å². The van der Waals surface area contributed by atoms with E-state index < -0.39 is 0 Å². The Kier molecular flexibility index (Phi) is 4.24. The first-order chi connectivity index (χ1) is 12.6. The van der Waals surface area contributed by atoms with Crippen molar-refractivity contribution in [1.82, 2.24) is 25.3 Å². The molecule has 0 amide bonds. The minimum Gasteiger partial charge on any atom is -0.382 e. The summed E-state index contributed by atoms with van der Waals surface area (Å²) in [4.78, 5) is 16.7. The lowest BCUT2D eigenvalue weighted by atomic mass is 10.1. The summed E-state index contributed by atoms with van der Waals surface area (Å²) in [5, 5.41) is 6.37. The van der Waals surface area contributed by atoms with Crippen molar-refractivity contribution in [1.29, 1.82) is 0 Å². The van der Waals surface area contributed by atoms with Gasteiger partial charge in [0, 0.05) is 18.1 Å². The summed E-state index contributed by atoms with van der Waals surface area (Å²) in [5.74, 6) is 0.322. The smallest absolute Gasteiger partial charge is 0.224 e. The molecule has 26 heavy (non-hydrogen) atoms. The van der Waals surface area contributed by atoms with Gasteiger partial charge in [0.2, 0.25) is 5.95 Å². The molecule has 4 rings (SSSR count). The molecule has 0 aliphatic carbocycles. The fourth-order valence-electron chi connectivity index (χ4n) is 2.78. The molecule has 0 aliphatic heterocycles. The highest BCUT2D eigenvalue weighted by atomic mass is 35.5. The number of fused-ring (bicyclic) bond motifs is 2. The van der Waals surface area contributed by atoms with E-state index >= 15 is 0 Å². The van der Waals surface area contributed by atoms with Crippen molar-refractivity contribution in [3.63, 3.8) is 0 Å². The highest BCUT2D eigenvalue weighted by molar-refractivity contribution is 6.31. The van der Waals surface area contributed by atoms with Gasteiger partial charge in [-0.3, -0.25) is 0 Å². The zero-order valence-electron chi connectivity index (χ0n) is 13.8. The van der Waals surface area contributed by atoms with Gasteiger partial charge in [-0.15, -0.1) is 0 Å². The van der Waals surface area contributed by atoms with Gasteiger partial charge < -0.3 is 16.8 Å². The number of rotatable bonds is 4. The third-order valence-electron chi connectivity index (χ3n) is 4.00. The molecule has 0 saturated carbocycles. The quantitative estimate of drug-likeness (QED) is 0.509. The second-order valence-corrected chi connectivity index (χ2v) is 6.37. The summed E-state index contributed by atoms with van der Waals surface area (Å²) in [7, 11) is 0. The summed E-state index contributed by atoms with van der Waals surface area (Å²) in [6.45, 7) is 1.25. The average molecular weight is 366 g/mol. The fourth-order valence-corrected chi connectivity index (χ4v) is 2.96. The van der Waals surface area contributed by atoms with Gasteiger partial charge in [0.25, 0.3) is 0 Å². The van der Waals surface area contributed by atoms with Gasteiger partial charge in [0.1, 0.15) is 0 Å².